The predicted molar refractivity (Wildman–Crippen MR) is 104 cm³/mol. The number of nitrogens with zero attached hydrogens (tertiary/aromatic N) is 4. The van der Waals surface area contributed by atoms with Gasteiger partial charge in [0.2, 0.25) is 0 Å². The van der Waals surface area contributed by atoms with Crippen LogP contribution in [0.15, 0.2) is 79.4 Å². The highest BCUT2D eigenvalue weighted by atomic mass is 16.1. The van der Waals surface area contributed by atoms with Gasteiger partial charge in [0.05, 0.1) is 17.9 Å². The zero-order chi connectivity index (χ0) is 18.6. The molecular weight excluding hydrogens is 336 g/mol. The Morgan fingerprint density at radius 1 is 0.963 bits per heavy atom. The zero-order valence-corrected chi connectivity index (χ0v) is 14.9. The number of carbonyl (C=O) groups excluding carboxylic acids is 1. The zero-order valence-electron chi connectivity index (χ0n) is 14.9. The van der Waals surface area contributed by atoms with Crippen LogP contribution >= 0.6 is 0 Å². The van der Waals surface area contributed by atoms with Crippen LogP contribution in [-0.4, -0.2) is 25.5 Å². The van der Waals surface area contributed by atoms with Crippen LogP contribution in [0, 0.1) is 0 Å². The Labute approximate surface area is 157 Å². The van der Waals surface area contributed by atoms with Gasteiger partial charge in [-0.2, -0.15) is 5.10 Å². The molecule has 5 nitrogen and oxygen atoms in total. The van der Waals surface area contributed by atoms with Crippen molar-refractivity contribution in [3.05, 3.63) is 90.5 Å². The molecule has 3 heterocycles. The second-order valence-electron chi connectivity index (χ2n) is 6.33. The summed E-state index contributed by atoms with van der Waals surface area (Å²) in [6.45, 7) is 2.22. The molecule has 0 aliphatic carbocycles. The smallest absolute Gasteiger partial charge is 0.161 e. The lowest BCUT2D eigenvalue weighted by molar-refractivity contribution is 0.101. The van der Waals surface area contributed by atoms with Gasteiger partial charge in [-0.3, -0.25) is 19.4 Å². The number of ketones is 1. The monoisotopic (exact) mass is 354 g/mol. The molecule has 0 N–H and O–H groups in total. The summed E-state index contributed by atoms with van der Waals surface area (Å²) < 4.78 is 1.90. The van der Waals surface area contributed by atoms with Gasteiger partial charge in [-0.25, -0.2) is 0 Å². The Bertz CT molecular complexity index is 1070. The quantitative estimate of drug-likeness (QED) is 0.503. The first-order chi connectivity index (χ1) is 13.2. The molecule has 0 saturated carbocycles. The third-order valence-electron chi connectivity index (χ3n) is 4.33. The average Bonchev–Trinajstić information content (AvgIpc) is 3.17. The molecule has 4 rings (SSSR count). The SMILES string of the molecule is CC(=O)c1ccc(-c2cccc(-c3ccn(Cc4cccnc4)n3)c2)nc1. The van der Waals surface area contributed by atoms with Crippen LogP contribution in [0.25, 0.3) is 22.5 Å². The molecule has 0 spiro atoms. The third kappa shape index (κ3) is 3.82. The Morgan fingerprint density at radius 2 is 1.81 bits per heavy atom. The first kappa shape index (κ1) is 16.8. The van der Waals surface area contributed by atoms with E-state index >= 15 is 0 Å². The molecule has 0 atom stereocenters. The van der Waals surface area contributed by atoms with Crippen molar-refractivity contribution in [3.8, 4) is 22.5 Å². The van der Waals surface area contributed by atoms with Crippen molar-refractivity contribution in [3.63, 3.8) is 0 Å². The molecule has 0 amide bonds. The minimum atomic E-state index is 0.0157. The fourth-order valence-corrected chi connectivity index (χ4v) is 2.89. The molecule has 4 aromatic rings. The van der Waals surface area contributed by atoms with E-state index in [4.69, 9.17) is 0 Å². The second kappa shape index (κ2) is 7.33. The molecule has 1 aromatic carbocycles. The van der Waals surface area contributed by atoms with Crippen molar-refractivity contribution in [1.82, 2.24) is 19.7 Å². The molecule has 0 unspecified atom stereocenters. The summed E-state index contributed by atoms with van der Waals surface area (Å²) in [6.07, 6.45) is 7.20. The van der Waals surface area contributed by atoms with Gasteiger partial charge in [0.25, 0.3) is 0 Å². The summed E-state index contributed by atoms with van der Waals surface area (Å²) in [5.74, 6) is 0.0157. The molecule has 5 heteroatoms. The maximum atomic E-state index is 11.4. The normalized spacial score (nSPS) is 10.7. The topological polar surface area (TPSA) is 60.7 Å². The summed E-state index contributed by atoms with van der Waals surface area (Å²) in [6, 6.07) is 17.7. The Hall–Kier alpha value is -3.60. The van der Waals surface area contributed by atoms with Gasteiger partial charge in [0.1, 0.15) is 0 Å². The van der Waals surface area contributed by atoms with E-state index in [9.17, 15) is 4.79 Å². The van der Waals surface area contributed by atoms with Gasteiger partial charge in [0, 0.05) is 41.5 Å². The van der Waals surface area contributed by atoms with E-state index in [0.717, 1.165) is 28.1 Å². The van der Waals surface area contributed by atoms with Crippen LogP contribution in [0.5, 0.6) is 0 Å². The van der Waals surface area contributed by atoms with Crippen molar-refractivity contribution in [1.29, 1.82) is 0 Å². The summed E-state index contributed by atoms with van der Waals surface area (Å²) in [5, 5.41) is 4.67. The van der Waals surface area contributed by atoms with Gasteiger partial charge < -0.3 is 0 Å². The number of aromatic nitrogens is 4. The minimum Gasteiger partial charge on any atom is -0.294 e. The standard InChI is InChI=1S/C22H18N4O/c1-16(27)20-7-8-21(24-14-20)18-5-2-6-19(12-18)22-9-11-26(25-22)15-17-4-3-10-23-13-17/h2-14H,15H2,1H3. The molecule has 0 bridgehead atoms. The van der Waals surface area contributed by atoms with E-state index in [1.807, 2.05) is 59.5 Å². The van der Waals surface area contributed by atoms with Gasteiger partial charge in [0.15, 0.2) is 5.78 Å². The second-order valence-corrected chi connectivity index (χ2v) is 6.33. The van der Waals surface area contributed by atoms with Crippen LogP contribution in [0.1, 0.15) is 22.8 Å². The maximum Gasteiger partial charge on any atom is 0.161 e. The van der Waals surface area contributed by atoms with E-state index in [0.29, 0.717) is 12.1 Å². The van der Waals surface area contributed by atoms with Crippen molar-refractivity contribution in [2.45, 2.75) is 13.5 Å². The lowest BCUT2D eigenvalue weighted by atomic mass is 10.0. The van der Waals surface area contributed by atoms with E-state index in [1.54, 1.807) is 25.4 Å². The molecule has 0 radical (unpaired) electrons. The number of Topliss-reactive ketones (excluding diaryl/α,β-unsaturated/α-hetero) is 1. The summed E-state index contributed by atoms with van der Waals surface area (Å²) in [5.41, 5.74) is 5.47. The Balaban J connectivity index is 1.58. The highest BCUT2D eigenvalue weighted by molar-refractivity contribution is 5.94. The number of benzene rings is 1. The molecule has 3 aromatic heterocycles. The lowest BCUT2D eigenvalue weighted by Crippen LogP contribution is -2.00. The first-order valence-corrected chi connectivity index (χ1v) is 8.69. The lowest BCUT2D eigenvalue weighted by Gasteiger charge is -2.05. The fourth-order valence-electron chi connectivity index (χ4n) is 2.89. The number of carbonyl (C=O) groups is 1. The van der Waals surface area contributed by atoms with Crippen LogP contribution in [0.4, 0.5) is 0 Å². The summed E-state index contributed by atoms with van der Waals surface area (Å²) >= 11 is 0. The molecular formula is C22H18N4O. The van der Waals surface area contributed by atoms with Crippen LogP contribution < -0.4 is 0 Å². The van der Waals surface area contributed by atoms with Crippen molar-refractivity contribution in [2.24, 2.45) is 0 Å². The fraction of sp³-hybridized carbons (Fsp3) is 0.0909. The molecule has 0 saturated heterocycles. The molecule has 132 valence electrons. The predicted octanol–water partition coefficient (Wildman–Crippen LogP) is 4.26. The van der Waals surface area contributed by atoms with Crippen molar-refractivity contribution in [2.75, 3.05) is 0 Å². The minimum absolute atomic E-state index is 0.0157. The number of hydrogen-bond donors (Lipinski definition) is 0. The molecule has 0 aliphatic heterocycles. The average molecular weight is 354 g/mol. The number of pyridine rings is 2. The van der Waals surface area contributed by atoms with Crippen LogP contribution in [0.3, 0.4) is 0 Å². The Morgan fingerprint density at radius 3 is 2.52 bits per heavy atom. The molecule has 0 fully saturated rings. The van der Waals surface area contributed by atoms with Crippen LogP contribution in [-0.2, 0) is 6.54 Å². The van der Waals surface area contributed by atoms with Crippen molar-refractivity contribution >= 4 is 5.78 Å². The third-order valence-corrected chi connectivity index (χ3v) is 4.33. The highest BCUT2D eigenvalue weighted by Crippen LogP contribution is 2.24. The Kier molecular flexibility index (Phi) is 4.58. The summed E-state index contributed by atoms with van der Waals surface area (Å²) in [4.78, 5) is 20.0. The molecule has 0 aliphatic rings. The highest BCUT2D eigenvalue weighted by Gasteiger charge is 2.07. The van der Waals surface area contributed by atoms with Gasteiger partial charge in [-0.1, -0.05) is 24.3 Å². The largest absolute Gasteiger partial charge is 0.294 e. The van der Waals surface area contributed by atoms with E-state index in [1.165, 1.54) is 0 Å². The molecule has 27 heavy (non-hydrogen) atoms. The summed E-state index contributed by atoms with van der Waals surface area (Å²) in [7, 11) is 0. The van der Waals surface area contributed by atoms with Crippen molar-refractivity contribution < 1.29 is 4.79 Å². The van der Waals surface area contributed by atoms with Gasteiger partial charge in [-0.15, -0.1) is 0 Å². The van der Waals surface area contributed by atoms with E-state index < -0.39 is 0 Å². The first-order valence-electron chi connectivity index (χ1n) is 8.69. The van der Waals surface area contributed by atoms with Crippen LogP contribution in [0.2, 0.25) is 0 Å². The van der Waals surface area contributed by atoms with E-state index in [2.05, 4.69) is 21.1 Å². The van der Waals surface area contributed by atoms with E-state index in [-0.39, 0.29) is 5.78 Å². The maximum absolute atomic E-state index is 11.4. The number of hydrogen-bond acceptors (Lipinski definition) is 4. The van der Waals surface area contributed by atoms with Gasteiger partial charge >= 0.3 is 0 Å². The van der Waals surface area contributed by atoms with Gasteiger partial charge in [-0.05, 0) is 42.8 Å². The number of rotatable bonds is 5.